The van der Waals surface area contributed by atoms with Crippen LogP contribution in [-0.4, -0.2) is 25.7 Å². The van der Waals surface area contributed by atoms with E-state index in [2.05, 4.69) is 24.2 Å². The van der Waals surface area contributed by atoms with Gasteiger partial charge in [-0.15, -0.1) is 0 Å². The van der Waals surface area contributed by atoms with E-state index in [1.165, 1.54) is 0 Å². The zero-order chi connectivity index (χ0) is 9.14. The van der Waals surface area contributed by atoms with Gasteiger partial charge in [0.05, 0.1) is 12.1 Å². The quantitative estimate of drug-likeness (QED) is 0.646. The Morgan fingerprint density at radius 2 is 2.33 bits per heavy atom. The number of carbonyl (C=O) groups is 1. The number of likely N-dealkylation sites (N-methyl/N-ethyl adjacent to an activating group) is 1. The number of rotatable bonds is 2. The lowest BCUT2D eigenvalue weighted by Crippen LogP contribution is -2.22. The van der Waals surface area contributed by atoms with Crippen LogP contribution in [0.5, 0.6) is 0 Å². The number of hydrogen-bond acceptors (Lipinski definition) is 2. The van der Waals surface area contributed by atoms with Gasteiger partial charge in [-0.25, -0.2) is 0 Å². The molecule has 1 heterocycles. The maximum Gasteiger partial charge on any atom is 0.252 e. The number of nitrogens with zero attached hydrogens (tertiary/aromatic N) is 1. The number of amides is 1. The molecule has 3 heteroatoms. The van der Waals surface area contributed by atoms with Crippen LogP contribution in [0.15, 0.2) is 16.1 Å². The van der Waals surface area contributed by atoms with Gasteiger partial charge >= 0.3 is 0 Å². The van der Waals surface area contributed by atoms with Crippen molar-refractivity contribution in [1.29, 1.82) is 0 Å². The highest BCUT2D eigenvalue weighted by atomic mass is 16.1. The second kappa shape index (κ2) is 3.52. The van der Waals surface area contributed by atoms with Crippen LogP contribution in [-0.2, 0) is 4.79 Å². The van der Waals surface area contributed by atoms with E-state index in [4.69, 9.17) is 0 Å². The molecule has 0 spiro atoms. The predicted octanol–water partition coefficient (Wildman–Crippen LogP) is 0.769. The highest BCUT2D eigenvalue weighted by Crippen LogP contribution is 2.18. The molecule has 1 aliphatic rings. The minimum Gasteiger partial charge on any atom is -0.355 e. The second-order valence-electron chi connectivity index (χ2n) is 3.14. The third-order valence-corrected chi connectivity index (χ3v) is 2.00. The third-order valence-electron chi connectivity index (χ3n) is 2.00. The Morgan fingerprint density at radius 3 is 2.83 bits per heavy atom. The van der Waals surface area contributed by atoms with E-state index < -0.39 is 0 Å². The zero-order valence-electron chi connectivity index (χ0n) is 7.72. The molecule has 3 nitrogen and oxygen atoms in total. The second-order valence-corrected chi connectivity index (χ2v) is 3.14. The highest BCUT2D eigenvalue weighted by molar-refractivity contribution is 6.14. The van der Waals surface area contributed by atoms with Crippen molar-refractivity contribution < 1.29 is 4.79 Å². The Labute approximate surface area is 72.6 Å². The summed E-state index contributed by atoms with van der Waals surface area (Å²) in [6.07, 6.45) is 1.66. The van der Waals surface area contributed by atoms with Crippen LogP contribution >= 0.6 is 0 Å². The normalized spacial score (nSPS) is 16.0. The van der Waals surface area contributed by atoms with Gasteiger partial charge in [0.1, 0.15) is 0 Å². The molecule has 1 rings (SSSR count). The van der Waals surface area contributed by atoms with Crippen molar-refractivity contribution in [3.63, 3.8) is 0 Å². The first-order chi connectivity index (χ1) is 5.66. The first-order valence-electron chi connectivity index (χ1n) is 4.11. The van der Waals surface area contributed by atoms with Gasteiger partial charge in [0.15, 0.2) is 0 Å². The minimum absolute atomic E-state index is 0.0278. The zero-order valence-corrected chi connectivity index (χ0v) is 7.72. The molecule has 0 aromatic rings. The summed E-state index contributed by atoms with van der Waals surface area (Å²) >= 11 is 0. The van der Waals surface area contributed by atoms with Crippen molar-refractivity contribution >= 4 is 12.1 Å². The molecule has 0 bridgehead atoms. The molecule has 0 aliphatic carbocycles. The van der Waals surface area contributed by atoms with E-state index in [0.29, 0.717) is 12.5 Å². The molecule has 1 N–H and O–H groups in total. The van der Waals surface area contributed by atoms with E-state index in [0.717, 1.165) is 11.1 Å². The fraction of sp³-hybridized carbons (Fsp3) is 0.556. The van der Waals surface area contributed by atoms with Gasteiger partial charge in [0, 0.05) is 13.3 Å². The topological polar surface area (TPSA) is 41.5 Å². The van der Waals surface area contributed by atoms with Crippen molar-refractivity contribution in [3.05, 3.63) is 11.1 Å². The van der Waals surface area contributed by atoms with Crippen molar-refractivity contribution in [2.75, 3.05) is 13.6 Å². The molecule has 0 saturated carbocycles. The van der Waals surface area contributed by atoms with Gasteiger partial charge in [-0.1, -0.05) is 13.8 Å². The lowest BCUT2D eigenvalue weighted by atomic mass is 9.99. The van der Waals surface area contributed by atoms with Gasteiger partial charge in [-0.2, -0.15) is 0 Å². The fourth-order valence-electron chi connectivity index (χ4n) is 1.24. The van der Waals surface area contributed by atoms with Crippen LogP contribution < -0.4 is 5.32 Å². The van der Waals surface area contributed by atoms with Crippen LogP contribution in [0, 0.1) is 5.92 Å². The van der Waals surface area contributed by atoms with Gasteiger partial charge in [-0.05, 0) is 11.5 Å². The molecule has 0 aromatic carbocycles. The molecule has 0 radical (unpaired) electrons. The fourth-order valence-corrected chi connectivity index (χ4v) is 1.24. The Morgan fingerprint density at radius 1 is 1.67 bits per heavy atom. The SMILES string of the molecule is CNC(=O)C1=C(C(C)C)CN=C1. The summed E-state index contributed by atoms with van der Waals surface area (Å²) in [4.78, 5) is 15.3. The van der Waals surface area contributed by atoms with E-state index in [1.54, 1.807) is 13.3 Å². The summed E-state index contributed by atoms with van der Waals surface area (Å²) in [5, 5.41) is 2.60. The van der Waals surface area contributed by atoms with E-state index in [1.807, 2.05) is 0 Å². The predicted molar refractivity (Wildman–Crippen MR) is 49.3 cm³/mol. The number of hydrogen-bond donors (Lipinski definition) is 1. The summed E-state index contributed by atoms with van der Waals surface area (Å²) < 4.78 is 0. The van der Waals surface area contributed by atoms with Gasteiger partial charge in [-0.3, -0.25) is 9.79 Å². The standard InChI is InChI=1S/C9H14N2O/c1-6(2)7-4-11-5-8(7)9(12)10-3/h5-6H,4H2,1-3H3,(H,10,12). The molecular weight excluding hydrogens is 152 g/mol. The monoisotopic (exact) mass is 166 g/mol. The summed E-state index contributed by atoms with van der Waals surface area (Å²) in [6.45, 7) is 4.83. The van der Waals surface area contributed by atoms with Crippen molar-refractivity contribution in [1.82, 2.24) is 5.32 Å². The first kappa shape index (κ1) is 8.97. The lowest BCUT2D eigenvalue weighted by molar-refractivity contribution is -0.116. The minimum atomic E-state index is -0.0278. The van der Waals surface area contributed by atoms with Crippen molar-refractivity contribution in [2.45, 2.75) is 13.8 Å². The Bertz CT molecular complexity index is 251. The Balaban J connectivity index is 2.89. The lowest BCUT2D eigenvalue weighted by Gasteiger charge is -2.07. The van der Waals surface area contributed by atoms with Crippen molar-refractivity contribution in [3.8, 4) is 0 Å². The summed E-state index contributed by atoms with van der Waals surface area (Å²) in [5.74, 6) is 0.375. The number of carbonyl (C=O) groups excluding carboxylic acids is 1. The molecular formula is C9H14N2O. The summed E-state index contributed by atoms with van der Waals surface area (Å²) in [6, 6.07) is 0. The summed E-state index contributed by atoms with van der Waals surface area (Å²) in [7, 11) is 1.64. The maximum absolute atomic E-state index is 11.3. The third kappa shape index (κ3) is 1.55. The molecule has 0 fully saturated rings. The van der Waals surface area contributed by atoms with Gasteiger partial charge in [0.25, 0.3) is 5.91 Å². The smallest absolute Gasteiger partial charge is 0.252 e. The average Bonchev–Trinajstić information content (AvgIpc) is 2.50. The van der Waals surface area contributed by atoms with Crippen LogP contribution in [0.2, 0.25) is 0 Å². The largest absolute Gasteiger partial charge is 0.355 e. The van der Waals surface area contributed by atoms with E-state index >= 15 is 0 Å². The summed E-state index contributed by atoms with van der Waals surface area (Å²) in [5.41, 5.74) is 1.88. The van der Waals surface area contributed by atoms with E-state index in [9.17, 15) is 4.79 Å². The maximum atomic E-state index is 11.3. The van der Waals surface area contributed by atoms with E-state index in [-0.39, 0.29) is 5.91 Å². The van der Waals surface area contributed by atoms with Crippen LogP contribution in [0.4, 0.5) is 0 Å². The molecule has 12 heavy (non-hydrogen) atoms. The molecule has 0 atom stereocenters. The molecule has 0 aromatic heterocycles. The molecule has 0 saturated heterocycles. The van der Waals surface area contributed by atoms with Crippen LogP contribution in [0.1, 0.15) is 13.8 Å². The molecule has 1 aliphatic heterocycles. The van der Waals surface area contributed by atoms with Crippen LogP contribution in [0.25, 0.3) is 0 Å². The first-order valence-corrected chi connectivity index (χ1v) is 4.11. The Hall–Kier alpha value is -1.12. The van der Waals surface area contributed by atoms with Gasteiger partial charge in [0.2, 0.25) is 0 Å². The molecule has 66 valence electrons. The van der Waals surface area contributed by atoms with Gasteiger partial charge < -0.3 is 5.32 Å². The number of nitrogens with one attached hydrogen (secondary N) is 1. The van der Waals surface area contributed by atoms with Crippen LogP contribution in [0.3, 0.4) is 0 Å². The average molecular weight is 166 g/mol. The molecule has 1 amide bonds. The highest BCUT2D eigenvalue weighted by Gasteiger charge is 2.18. The number of aliphatic imine (C=N–C) groups is 1. The molecule has 0 unspecified atom stereocenters. The van der Waals surface area contributed by atoms with Crippen molar-refractivity contribution in [2.24, 2.45) is 10.9 Å². The Kier molecular flexibility index (Phi) is 2.63.